The first-order valence-corrected chi connectivity index (χ1v) is 9.46. The molecule has 3 heterocycles. The van der Waals surface area contributed by atoms with Gasteiger partial charge in [-0.1, -0.05) is 13.3 Å². The first kappa shape index (κ1) is 15.8. The van der Waals surface area contributed by atoms with Gasteiger partial charge in [-0.05, 0) is 0 Å². The molecule has 0 N–H and O–H groups in total. The van der Waals surface area contributed by atoms with E-state index in [1.165, 1.54) is 0 Å². The maximum Gasteiger partial charge on any atom is 0.506 e. The molecular formula is C13H24O7Si. The summed E-state index contributed by atoms with van der Waals surface area (Å²) in [6.45, 7) is 3.16. The SMILES string of the molecule is CCC[Si]1(OC)OC2(CCOC3(CCO3)O1)CC(OC)O2. The molecule has 3 aliphatic heterocycles. The zero-order valence-electron chi connectivity index (χ0n) is 12.9. The summed E-state index contributed by atoms with van der Waals surface area (Å²) >= 11 is 0. The molecular weight excluding hydrogens is 296 g/mol. The van der Waals surface area contributed by atoms with Gasteiger partial charge in [0.2, 0.25) is 0 Å². The van der Waals surface area contributed by atoms with E-state index in [9.17, 15) is 0 Å². The summed E-state index contributed by atoms with van der Waals surface area (Å²) in [5, 5.41) is 0. The molecule has 4 unspecified atom stereocenters. The predicted octanol–water partition coefficient (Wildman–Crippen LogP) is 1.60. The van der Waals surface area contributed by atoms with Crippen LogP contribution in [0.1, 0.15) is 32.6 Å². The van der Waals surface area contributed by atoms with Gasteiger partial charge in [0, 0.05) is 26.7 Å². The maximum atomic E-state index is 6.29. The van der Waals surface area contributed by atoms with Crippen molar-refractivity contribution in [2.75, 3.05) is 27.4 Å². The lowest BCUT2D eigenvalue weighted by Gasteiger charge is -2.54. The van der Waals surface area contributed by atoms with Crippen molar-refractivity contribution in [1.29, 1.82) is 0 Å². The molecule has 3 saturated heterocycles. The molecule has 3 fully saturated rings. The molecule has 8 heteroatoms. The summed E-state index contributed by atoms with van der Waals surface area (Å²) in [4.78, 5) is 0. The van der Waals surface area contributed by atoms with Crippen molar-refractivity contribution in [3.05, 3.63) is 0 Å². The van der Waals surface area contributed by atoms with Gasteiger partial charge in [-0.25, -0.2) is 0 Å². The lowest BCUT2D eigenvalue weighted by atomic mass is 10.0. The Hall–Kier alpha value is -0.0631. The van der Waals surface area contributed by atoms with Crippen LogP contribution in [0.4, 0.5) is 0 Å². The summed E-state index contributed by atoms with van der Waals surface area (Å²) in [5.41, 5.74) is 0. The largest absolute Gasteiger partial charge is 0.506 e. The molecule has 0 radical (unpaired) electrons. The lowest BCUT2D eigenvalue weighted by Crippen LogP contribution is -2.67. The number of ether oxygens (including phenoxy) is 4. The van der Waals surface area contributed by atoms with Crippen molar-refractivity contribution in [3.63, 3.8) is 0 Å². The van der Waals surface area contributed by atoms with Crippen molar-refractivity contribution in [2.45, 2.75) is 56.7 Å². The molecule has 4 atom stereocenters. The van der Waals surface area contributed by atoms with Gasteiger partial charge in [-0.2, -0.15) is 0 Å². The van der Waals surface area contributed by atoms with Crippen LogP contribution in [0.3, 0.4) is 0 Å². The Balaban J connectivity index is 1.78. The number of rotatable bonds is 4. The van der Waals surface area contributed by atoms with Crippen LogP contribution >= 0.6 is 0 Å². The Morgan fingerprint density at radius 3 is 2.38 bits per heavy atom. The highest BCUT2D eigenvalue weighted by Crippen LogP contribution is 2.45. The lowest BCUT2D eigenvalue weighted by molar-refractivity contribution is -0.448. The van der Waals surface area contributed by atoms with Crippen molar-refractivity contribution in [1.82, 2.24) is 0 Å². The molecule has 7 nitrogen and oxygen atoms in total. The van der Waals surface area contributed by atoms with Crippen LogP contribution in [0.2, 0.25) is 6.04 Å². The highest BCUT2D eigenvalue weighted by molar-refractivity contribution is 6.60. The summed E-state index contributed by atoms with van der Waals surface area (Å²) < 4.78 is 40.4. The highest BCUT2D eigenvalue weighted by atomic mass is 28.4. The van der Waals surface area contributed by atoms with E-state index in [0.29, 0.717) is 38.5 Å². The Kier molecular flexibility index (Phi) is 4.41. The minimum atomic E-state index is -2.92. The fourth-order valence-corrected chi connectivity index (χ4v) is 5.61. The predicted molar refractivity (Wildman–Crippen MR) is 73.1 cm³/mol. The minimum Gasteiger partial charge on any atom is -0.377 e. The van der Waals surface area contributed by atoms with Crippen LogP contribution < -0.4 is 0 Å². The maximum absolute atomic E-state index is 6.29. The zero-order valence-corrected chi connectivity index (χ0v) is 13.9. The monoisotopic (exact) mass is 320 g/mol. The second-order valence-corrected chi connectivity index (χ2v) is 8.30. The van der Waals surface area contributed by atoms with E-state index in [4.69, 9.17) is 32.2 Å². The molecule has 0 aromatic carbocycles. The van der Waals surface area contributed by atoms with Crippen LogP contribution in [-0.4, -0.2) is 54.3 Å². The number of hydrogen-bond donors (Lipinski definition) is 0. The summed E-state index contributed by atoms with van der Waals surface area (Å²) in [6.07, 6.45) is 2.63. The number of methoxy groups -OCH3 is 1. The van der Waals surface area contributed by atoms with Gasteiger partial charge >= 0.3 is 8.80 Å². The number of hydrogen-bond acceptors (Lipinski definition) is 7. The van der Waals surface area contributed by atoms with Gasteiger partial charge in [-0.3, -0.25) is 0 Å². The standard InChI is InChI=1S/C13H24O7Si/c1-4-9-21(15-3)19-12(10-11(14-2)18-12)5-7-16-13(20-21)6-8-17-13/h11H,4-10H2,1-3H3. The summed E-state index contributed by atoms with van der Waals surface area (Å²) in [7, 11) is 0.321. The van der Waals surface area contributed by atoms with Gasteiger partial charge in [0.1, 0.15) is 0 Å². The van der Waals surface area contributed by atoms with E-state index in [1.807, 2.05) is 0 Å². The van der Waals surface area contributed by atoms with Crippen molar-refractivity contribution >= 4 is 8.80 Å². The Morgan fingerprint density at radius 2 is 1.86 bits per heavy atom. The second-order valence-electron chi connectivity index (χ2n) is 5.62. The van der Waals surface area contributed by atoms with E-state index < -0.39 is 20.6 Å². The van der Waals surface area contributed by atoms with Crippen molar-refractivity contribution < 1.29 is 32.2 Å². The van der Waals surface area contributed by atoms with E-state index in [0.717, 1.165) is 6.42 Å². The third-order valence-corrected chi connectivity index (χ3v) is 7.18. The Labute approximate surface area is 126 Å². The zero-order chi connectivity index (χ0) is 15.0. The minimum absolute atomic E-state index is 0.233. The normalized spacial score (nSPS) is 46.7. The molecule has 3 rings (SSSR count). The molecule has 0 bridgehead atoms. The molecule has 3 aliphatic rings. The molecule has 21 heavy (non-hydrogen) atoms. The van der Waals surface area contributed by atoms with Gasteiger partial charge < -0.3 is 32.2 Å². The highest BCUT2D eigenvalue weighted by Gasteiger charge is 2.61. The van der Waals surface area contributed by atoms with Crippen LogP contribution in [0.15, 0.2) is 0 Å². The smallest absolute Gasteiger partial charge is 0.377 e. The quantitative estimate of drug-likeness (QED) is 0.729. The first-order chi connectivity index (χ1) is 10.1. The Morgan fingerprint density at radius 1 is 1.14 bits per heavy atom. The van der Waals surface area contributed by atoms with Crippen molar-refractivity contribution in [3.8, 4) is 0 Å². The van der Waals surface area contributed by atoms with E-state index in [2.05, 4.69) is 6.92 Å². The van der Waals surface area contributed by atoms with E-state index in [-0.39, 0.29) is 6.29 Å². The van der Waals surface area contributed by atoms with Crippen LogP contribution in [0.5, 0.6) is 0 Å². The first-order valence-electron chi connectivity index (χ1n) is 7.53. The fourth-order valence-electron chi connectivity index (χ4n) is 2.88. The summed E-state index contributed by atoms with van der Waals surface area (Å²) in [5.74, 6) is -1.70. The molecule has 122 valence electrons. The third kappa shape index (κ3) is 2.91. The van der Waals surface area contributed by atoms with E-state index in [1.54, 1.807) is 14.2 Å². The molecule has 0 saturated carbocycles. The molecule has 0 aromatic rings. The fraction of sp³-hybridized carbons (Fsp3) is 1.00. The molecule has 0 aliphatic carbocycles. The molecule has 0 amide bonds. The van der Waals surface area contributed by atoms with Gasteiger partial charge in [0.25, 0.3) is 5.97 Å². The topological polar surface area (TPSA) is 64.6 Å². The average Bonchev–Trinajstić information content (AvgIpc) is 2.38. The van der Waals surface area contributed by atoms with Crippen LogP contribution in [-0.2, 0) is 32.2 Å². The van der Waals surface area contributed by atoms with Crippen LogP contribution in [0.25, 0.3) is 0 Å². The van der Waals surface area contributed by atoms with E-state index >= 15 is 0 Å². The third-order valence-electron chi connectivity index (χ3n) is 4.14. The van der Waals surface area contributed by atoms with Gasteiger partial charge in [0.15, 0.2) is 12.1 Å². The van der Waals surface area contributed by atoms with Gasteiger partial charge in [0.05, 0.1) is 26.1 Å². The van der Waals surface area contributed by atoms with Crippen molar-refractivity contribution in [2.24, 2.45) is 0 Å². The molecule has 2 spiro atoms. The average molecular weight is 320 g/mol. The van der Waals surface area contributed by atoms with Gasteiger partial charge in [-0.15, -0.1) is 0 Å². The second kappa shape index (κ2) is 5.86. The van der Waals surface area contributed by atoms with Crippen LogP contribution in [0, 0.1) is 0 Å². The molecule has 0 aromatic heterocycles. The Bertz CT molecular complexity index is 370. The summed E-state index contributed by atoms with van der Waals surface area (Å²) in [6, 6.07) is 0.695.